The van der Waals surface area contributed by atoms with Crippen LogP contribution in [-0.2, 0) is 19.6 Å². The van der Waals surface area contributed by atoms with Gasteiger partial charge in [0, 0.05) is 18.2 Å². The molecule has 0 amide bonds. The van der Waals surface area contributed by atoms with E-state index in [-0.39, 0.29) is 12.4 Å². The lowest BCUT2D eigenvalue weighted by Gasteiger charge is -2.17. The van der Waals surface area contributed by atoms with Crippen molar-refractivity contribution in [1.82, 2.24) is 5.32 Å². The van der Waals surface area contributed by atoms with Gasteiger partial charge < -0.3 is 14.8 Å². The minimum Gasteiger partial charge on any atom is -0.490 e. The fourth-order valence-electron chi connectivity index (χ4n) is 3.31. The highest BCUT2D eigenvalue weighted by molar-refractivity contribution is 6.32. The molecule has 0 radical (unpaired) electrons. The minimum atomic E-state index is -0.304. The first-order chi connectivity index (χ1) is 15.1. The Labute approximate surface area is 189 Å². The van der Waals surface area contributed by atoms with E-state index >= 15 is 0 Å². The number of aryl methyl sites for hydroxylation is 1. The van der Waals surface area contributed by atoms with Gasteiger partial charge in [-0.25, -0.2) is 4.39 Å². The predicted octanol–water partition coefficient (Wildman–Crippen LogP) is 6.57. The molecule has 1 atom stereocenters. The van der Waals surface area contributed by atoms with Gasteiger partial charge in [0.05, 0.1) is 11.6 Å². The Morgan fingerprint density at radius 3 is 2.45 bits per heavy atom. The standard InChI is InChI=1S/C26H29ClFNO2/c1-3-30-25-16-21(17-29-19(2)13-14-20-9-5-4-6-10-20)15-23(27)26(25)31-18-22-11-7-8-12-24(22)28/h4-12,15-16,19,29H,3,13-14,17-18H2,1-2H3. The number of hydrogen-bond acceptors (Lipinski definition) is 3. The van der Waals surface area contributed by atoms with Crippen LogP contribution in [0.2, 0.25) is 5.02 Å². The van der Waals surface area contributed by atoms with Gasteiger partial charge in [0.25, 0.3) is 0 Å². The number of halogens is 2. The summed E-state index contributed by atoms with van der Waals surface area (Å²) in [7, 11) is 0. The number of rotatable bonds is 11. The topological polar surface area (TPSA) is 30.5 Å². The third-order valence-electron chi connectivity index (χ3n) is 5.06. The van der Waals surface area contributed by atoms with Gasteiger partial charge in [-0.2, -0.15) is 0 Å². The molecule has 0 saturated carbocycles. The molecule has 0 aliphatic heterocycles. The van der Waals surface area contributed by atoms with E-state index in [1.807, 2.05) is 25.1 Å². The molecular formula is C26H29ClFNO2. The lowest BCUT2D eigenvalue weighted by molar-refractivity contribution is 0.265. The number of ether oxygens (including phenoxy) is 2. The van der Waals surface area contributed by atoms with Crippen LogP contribution in [0.5, 0.6) is 11.5 Å². The fourth-order valence-corrected chi connectivity index (χ4v) is 3.60. The van der Waals surface area contributed by atoms with Gasteiger partial charge >= 0.3 is 0 Å². The van der Waals surface area contributed by atoms with Crippen molar-refractivity contribution in [3.8, 4) is 11.5 Å². The summed E-state index contributed by atoms with van der Waals surface area (Å²) < 4.78 is 25.5. The summed E-state index contributed by atoms with van der Waals surface area (Å²) in [5, 5.41) is 4.00. The summed E-state index contributed by atoms with van der Waals surface area (Å²) in [4.78, 5) is 0. The first-order valence-corrected chi connectivity index (χ1v) is 11.0. The highest BCUT2D eigenvalue weighted by Gasteiger charge is 2.14. The summed E-state index contributed by atoms with van der Waals surface area (Å²) in [6, 6.07) is 21.2. The summed E-state index contributed by atoms with van der Waals surface area (Å²) in [5.74, 6) is 0.703. The Morgan fingerprint density at radius 1 is 0.968 bits per heavy atom. The Hall–Kier alpha value is -2.56. The molecule has 1 N–H and O–H groups in total. The van der Waals surface area contributed by atoms with Crippen molar-refractivity contribution >= 4 is 11.6 Å². The van der Waals surface area contributed by atoms with Crippen molar-refractivity contribution < 1.29 is 13.9 Å². The van der Waals surface area contributed by atoms with Crippen LogP contribution in [-0.4, -0.2) is 12.6 Å². The SMILES string of the molecule is CCOc1cc(CNC(C)CCc2ccccc2)cc(Cl)c1OCc1ccccc1F. The zero-order chi connectivity index (χ0) is 22.1. The van der Waals surface area contributed by atoms with Crippen LogP contribution in [0.4, 0.5) is 4.39 Å². The van der Waals surface area contributed by atoms with Gasteiger partial charge in [-0.15, -0.1) is 0 Å². The highest BCUT2D eigenvalue weighted by Crippen LogP contribution is 2.37. The third kappa shape index (κ3) is 6.98. The molecule has 0 bridgehead atoms. The fraction of sp³-hybridized carbons (Fsp3) is 0.308. The maximum absolute atomic E-state index is 13.9. The van der Waals surface area contributed by atoms with Gasteiger partial charge in [-0.05, 0) is 56.0 Å². The molecule has 0 saturated heterocycles. The van der Waals surface area contributed by atoms with E-state index in [0.29, 0.717) is 41.3 Å². The average molecular weight is 442 g/mol. The van der Waals surface area contributed by atoms with Crippen molar-refractivity contribution in [2.24, 2.45) is 0 Å². The molecule has 5 heteroatoms. The molecule has 3 rings (SSSR count). The first kappa shape index (κ1) is 23.1. The molecule has 3 aromatic rings. The molecule has 0 aliphatic rings. The van der Waals surface area contributed by atoms with Crippen LogP contribution in [0.3, 0.4) is 0 Å². The second-order valence-electron chi connectivity index (χ2n) is 7.52. The van der Waals surface area contributed by atoms with E-state index in [4.69, 9.17) is 21.1 Å². The Bertz CT molecular complexity index is 965. The van der Waals surface area contributed by atoms with Crippen LogP contribution < -0.4 is 14.8 Å². The molecule has 164 valence electrons. The quantitative estimate of drug-likeness (QED) is 0.365. The summed E-state index contributed by atoms with van der Waals surface area (Å²) in [6.45, 7) is 5.33. The average Bonchev–Trinajstić information content (AvgIpc) is 2.77. The number of hydrogen-bond donors (Lipinski definition) is 1. The van der Waals surface area contributed by atoms with Crippen LogP contribution in [0.1, 0.15) is 37.0 Å². The Kier molecular flexibility index (Phi) is 8.74. The number of nitrogens with one attached hydrogen (secondary N) is 1. The van der Waals surface area contributed by atoms with Crippen LogP contribution >= 0.6 is 11.6 Å². The van der Waals surface area contributed by atoms with E-state index in [0.717, 1.165) is 18.4 Å². The molecule has 1 unspecified atom stereocenters. The van der Waals surface area contributed by atoms with E-state index in [2.05, 4.69) is 36.5 Å². The normalized spacial score (nSPS) is 11.9. The van der Waals surface area contributed by atoms with Crippen LogP contribution in [0, 0.1) is 5.82 Å². The zero-order valence-electron chi connectivity index (χ0n) is 18.0. The molecule has 3 aromatic carbocycles. The van der Waals surface area contributed by atoms with Crippen LogP contribution in [0.15, 0.2) is 66.7 Å². The zero-order valence-corrected chi connectivity index (χ0v) is 18.8. The van der Waals surface area contributed by atoms with Gasteiger partial charge in [0.2, 0.25) is 0 Å². The van der Waals surface area contributed by atoms with Crippen molar-refractivity contribution in [1.29, 1.82) is 0 Å². The molecule has 0 heterocycles. The maximum Gasteiger partial charge on any atom is 0.180 e. The van der Waals surface area contributed by atoms with Crippen molar-refractivity contribution in [3.05, 3.63) is 94.3 Å². The Balaban J connectivity index is 1.61. The van der Waals surface area contributed by atoms with E-state index in [9.17, 15) is 4.39 Å². The largest absolute Gasteiger partial charge is 0.490 e. The summed E-state index contributed by atoms with van der Waals surface area (Å²) in [6.07, 6.45) is 2.07. The monoisotopic (exact) mass is 441 g/mol. The molecule has 0 aromatic heterocycles. The maximum atomic E-state index is 13.9. The summed E-state index contributed by atoms with van der Waals surface area (Å²) in [5.41, 5.74) is 2.83. The molecule has 31 heavy (non-hydrogen) atoms. The van der Waals surface area contributed by atoms with Crippen LogP contribution in [0.25, 0.3) is 0 Å². The van der Waals surface area contributed by atoms with Crippen molar-refractivity contribution in [3.63, 3.8) is 0 Å². The molecule has 0 fully saturated rings. The van der Waals surface area contributed by atoms with Gasteiger partial charge in [0.1, 0.15) is 12.4 Å². The van der Waals surface area contributed by atoms with E-state index in [1.165, 1.54) is 11.6 Å². The molecule has 0 aliphatic carbocycles. The van der Waals surface area contributed by atoms with Gasteiger partial charge in [-0.1, -0.05) is 60.1 Å². The third-order valence-corrected chi connectivity index (χ3v) is 5.34. The second-order valence-corrected chi connectivity index (χ2v) is 7.93. The van der Waals surface area contributed by atoms with Gasteiger partial charge in [-0.3, -0.25) is 0 Å². The van der Waals surface area contributed by atoms with Crippen molar-refractivity contribution in [2.45, 2.75) is 45.9 Å². The number of benzene rings is 3. The predicted molar refractivity (Wildman–Crippen MR) is 124 cm³/mol. The second kappa shape index (κ2) is 11.7. The molecule has 3 nitrogen and oxygen atoms in total. The first-order valence-electron chi connectivity index (χ1n) is 10.7. The Morgan fingerprint density at radius 2 is 1.71 bits per heavy atom. The van der Waals surface area contributed by atoms with Crippen molar-refractivity contribution in [2.75, 3.05) is 6.61 Å². The lowest BCUT2D eigenvalue weighted by Crippen LogP contribution is -2.26. The van der Waals surface area contributed by atoms with E-state index < -0.39 is 0 Å². The highest BCUT2D eigenvalue weighted by atomic mass is 35.5. The van der Waals surface area contributed by atoms with E-state index in [1.54, 1.807) is 18.2 Å². The molecular weight excluding hydrogens is 413 g/mol. The van der Waals surface area contributed by atoms with Gasteiger partial charge in [0.15, 0.2) is 11.5 Å². The smallest absolute Gasteiger partial charge is 0.180 e. The molecule has 0 spiro atoms. The lowest BCUT2D eigenvalue weighted by atomic mass is 10.1. The summed E-state index contributed by atoms with van der Waals surface area (Å²) >= 11 is 6.51. The minimum absolute atomic E-state index is 0.0839.